The van der Waals surface area contributed by atoms with Gasteiger partial charge in [-0.3, -0.25) is 9.59 Å². The first-order valence-corrected chi connectivity index (χ1v) is 11.6. The van der Waals surface area contributed by atoms with Crippen molar-refractivity contribution in [1.82, 2.24) is 9.97 Å². The quantitative estimate of drug-likeness (QED) is 0.483. The van der Waals surface area contributed by atoms with Crippen molar-refractivity contribution < 1.29 is 13.2 Å². The van der Waals surface area contributed by atoms with E-state index >= 15 is 0 Å². The van der Waals surface area contributed by atoms with Crippen molar-refractivity contribution in [3.8, 4) is 0 Å². The highest BCUT2D eigenvalue weighted by molar-refractivity contribution is 7.90. The van der Waals surface area contributed by atoms with Gasteiger partial charge in [0, 0.05) is 17.7 Å². The number of nitrogens with zero attached hydrogens (tertiary/aromatic N) is 2. The number of pyridine rings is 2. The molecule has 0 bridgehead atoms. The minimum atomic E-state index is -3.63. The van der Waals surface area contributed by atoms with E-state index in [1.165, 1.54) is 29.2 Å². The second-order valence-electron chi connectivity index (χ2n) is 7.32. The fraction of sp³-hybridized carbons (Fsp3) is 0.0870. The predicted octanol–water partition coefficient (Wildman–Crippen LogP) is 2.76. The lowest BCUT2D eigenvalue weighted by atomic mass is 10.1. The summed E-state index contributed by atoms with van der Waals surface area (Å²) in [6.07, 6.45) is 1.08. The second-order valence-corrected chi connectivity index (χ2v) is 9.31. The lowest BCUT2D eigenvalue weighted by Crippen LogP contribution is -2.33. The molecule has 1 amide bonds. The third-order valence-electron chi connectivity index (χ3n) is 4.92. The molecule has 0 saturated heterocycles. The number of sulfone groups is 1. The van der Waals surface area contributed by atoms with Crippen molar-refractivity contribution in [3.63, 3.8) is 0 Å². The molecule has 0 unspecified atom stereocenters. The Morgan fingerprint density at radius 3 is 2.53 bits per heavy atom. The Morgan fingerprint density at radius 1 is 1.03 bits per heavy atom. The Morgan fingerprint density at radius 2 is 1.78 bits per heavy atom. The van der Waals surface area contributed by atoms with Crippen LogP contribution in [0, 0.1) is 0 Å². The zero-order valence-electron chi connectivity index (χ0n) is 17.1. The average Bonchev–Trinajstić information content (AvgIpc) is 2.76. The number of aromatic amines is 1. The first kappa shape index (κ1) is 21.3. The summed E-state index contributed by atoms with van der Waals surface area (Å²) in [5.74, 6) is -0.175. The van der Waals surface area contributed by atoms with Crippen LogP contribution in [0.2, 0.25) is 0 Å². The number of hydrogen-bond donors (Lipinski definition) is 2. The van der Waals surface area contributed by atoms with Gasteiger partial charge in [-0.25, -0.2) is 13.4 Å². The smallest absolute Gasteiger partial charge is 0.275 e. The number of anilines is 2. The number of amides is 1. The summed E-state index contributed by atoms with van der Waals surface area (Å²) >= 11 is 0. The highest BCUT2D eigenvalue weighted by atomic mass is 32.2. The van der Waals surface area contributed by atoms with Gasteiger partial charge in [0.25, 0.3) is 5.91 Å². The molecular formula is C23H20N4O4S. The van der Waals surface area contributed by atoms with Crippen LogP contribution in [0.25, 0.3) is 10.9 Å². The van der Waals surface area contributed by atoms with Gasteiger partial charge in [0.15, 0.2) is 9.84 Å². The lowest BCUT2D eigenvalue weighted by molar-refractivity contribution is 0.0979. The molecule has 3 N–H and O–H groups in total. The van der Waals surface area contributed by atoms with Crippen LogP contribution in [-0.2, 0) is 16.4 Å². The minimum absolute atomic E-state index is 0.00906. The summed E-state index contributed by atoms with van der Waals surface area (Å²) in [5.41, 5.74) is 6.99. The Labute approximate surface area is 184 Å². The van der Waals surface area contributed by atoms with Gasteiger partial charge in [-0.1, -0.05) is 30.3 Å². The fourth-order valence-corrected chi connectivity index (χ4v) is 4.32. The van der Waals surface area contributed by atoms with Gasteiger partial charge >= 0.3 is 0 Å². The van der Waals surface area contributed by atoms with E-state index in [1.807, 2.05) is 18.2 Å². The molecule has 2 heterocycles. The highest BCUT2D eigenvalue weighted by Crippen LogP contribution is 2.28. The van der Waals surface area contributed by atoms with Crippen molar-refractivity contribution in [2.45, 2.75) is 11.4 Å². The van der Waals surface area contributed by atoms with Crippen LogP contribution in [-0.4, -0.2) is 30.5 Å². The molecule has 2 aromatic heterocycles. The number of aromatic nitrogens is 2. The summed E-state index contributed by atoms with van der Waals surface area (Å²) in [6, 6.07) is 19.5. The molecule has 2 aromatic carbocycles. The summed E-state index contributed by atoms with van der Waals surface area (Å²) in [6.45, 7) is 0.0503. The van der Waals surface area contributed by atoms with Gasteiger partial charge in [-0.15, -0.1) is 0 Å². The number of carbonyl (C=O) groups is 1. The van der Waals surface area contributed by atoms with Crippen LogP contribution >= 0.6 is 0 Å². The summed E-state index contributed by atoms with van der Waals surface area (Å²) in [4.78, 5) is 33.4. The molecule has 4 aromatic rings. The largest absolute Gasteiger partial charge is 0.384 e. The normalized spacial score (nSPS) is 11.4. The number of nitrogen functional groups attached to an aromatic ring is 1. The number of hydrogen-bond acceptors (Lipinski definition) is 6. The van der Waals surface area contributed by atoms with E-state index in [4.69, 9.17) is 5.73 Å². The maximum Gasteiger partial charge on any atom is 0.275 e. The molecule has 0 spiro atoms. The predicted molar refractivity (Wildman–Crippen MR) is 123 cm³/mol. The summed E-state index contributed by atoms with van der Waals surface area (Å²) < 4.78 is 24.8. The van der Waals surface area contributed by atoms with Crippen LogP contribution in [0.5, 0.6) is 0 Å². The SMILES string of the molecule is CS(=O)(=O)c1ccccc1N(Cc1ccc2ccc(N)nc2c1)C(=O)c1cccc(=O)[nH]1. The topological polar surface area (TPSA) is 126 Å². The number of nitrogens with one attached hydrogen (secondary N) is 1. The molecule has 0 fully saturated rings. The monoisotopic (exact) mass is 448 g/mol. The molecule has 0 aliphatic carbocycles. The molecule has 162 valence electrons. The van der Waals surface area contributed by atoms with Crippen molar-refractivity contribution in [3.05, 3.63) is 94.4 Å². The van der Waals surface area contributed by atoms with Gasteiger partial charge in [0.2, 0.25) is 5.56 Å². The Hall–Kier alpha value is -3.98. The standard InChI is InChI=1S/C23H20N4O4S/c1-32(30,31)20-7-3-2-6-19(20)27(23(29)17-5-4-8-22(28)26-17)14-15-9-10-16-11-12-21(24)25-18(16)13-15/h2-13H,14H2,1H3,(H2,24,25)(H,26,28). The average molecular weight is 449 g/mol. The van der Waals surface area contributed by atoms with Crippen molar-refractivity contribution in [1.29, 1.82) is 0 Å². The first-order valence-electron chi connectivity index (χ1n) is 9.68. The van der Waals surface area contributed by atoms with Crippen molar-refractivity contribution >= 4 is 38.2 Å². The molecule has 9 heteroatoms. The Bertz CT molecular complexity index is 1500. The van der Waals surface area contributed by atoms with Crippen LogP contribution < -0.4 is 16.2 Å². The van der Waals surface area contributed by atoms with E-state index in [0.29, 0.717) is 16.9 Å². The van der Waals surface area contributed by atoms with Crippen LogP contribution in [0.3, 0.4) is 0 Å². The first-order chi connectivity index (χ1) is 15.2. The zero-order valence-corrected chi connectivity index (χ0v) is 18.0. The zero-order chi connectivity index (χ0) is 22.9. The van der Waals surface area contributed by atoms with Gasteiger partial charge in [-0.05, 0) is 42.0 Å². The molecule has 0 aliphatic rings. The number of rotatable bonds is 5. The fourth-order valence-electron chi connectivity index (χ4n) is 3.44. The third kappa shape index (κ3) is 4.37. The van der Waals surface area contributed by atoms with Gasteiger partial charge in [-0.2, -0.15) is 0 Å². The lowest BCUT2D eigenvalue weighted by Gasteiger charge is -2.25. The van der Waals surface area contributed by atoms with Crippen molar-refractivity contribution in [2.75, 3.05) is 16.9 Å². The maximum absolute atomic E-state index is 13.4. The molecule has 0 saturated carbocycles. The van der Waals surface area contributed by atoms with E-state index < -0.39 is 21.3 Å². The highest BCUT2D eigenvalue weighted by Gasteiger charge is 2.25. The van der Waals surface area contributed by atoms with Gasteiger partial charge in [0.05, 0.1) is 22.6 Å². The molecule has 0 atom stereocenters. The Balaban J connectivity index is 1.85. The van der Waals surface area contributed by atoms with E-state index in [1.54, 1.807) is 30.3 Å². The van der Waals surface area contributed by atoms with E-state index in [-0.39, 0.29) is 22.8 Å². The van der Waals surface area contributed by atoms with Crippen molar-refractivity contribution in [2.24, 2.45) is 0 Å². The number of H-pyrrole nitrogens is 1. The van der Waals surface area contributed by atoms with E-state index in [2.05, 4.69) is 9.97 Å². The molecule has 0 aliphatic heterocycles. The molecule has 32 heavy (non-hydrogen) atoms. The maximum atomic E-state index is 13.4. The molecule has 0 radical (unpaired) electrons. The van der Waals surface area contributed by atoms with Crippen LogP contribution in [0.4, 0.5) is 11.5 Å². The third-order valence-corrected chi connectivity index (χ3v) is 6.06. The molecule has 8 nitrogen and oxygen atoms in total. The van der Waals surface area contributed by atoms with E-state index in [0.717, 1.165) is 11.6 Å². The molecule has 4 rings (SSSR count). The number of para-hydroxylation sites is 1. The van der Waals surface area contributed by atoms with Gasteiger partial charge in [0.1, 0.15) is 11.5 Å². The number of carbonyl (C=O) groups excluding carboxylic acids is 1. The number of fused-ring (bicyclic) bond motifs is 1. The van der Waals surface area contributed by atoms with E-state index in [9.17, 15) is 18.0 Å². The minimum Gasteiger partial charge on any atom is -0.384 e. The number of nitrogens with two attached hydrogens (primary N) is 1. The van der Waals surface area contributed by atoms with Crippen LogP contribution in [0.1, 0.15) is 16.1 Å². The summed E-state index contributed by atoms with van der Waals surface area (Å²) in [7, 11) is -3.63. The van der Waals surface area contributed by atoms with Gasteiger partial charge < -0.3 is 15.6 Å². The Kier molecular flexibility index (Phi) is 5.50. The summed E-state index contributed by atoms with van der Waals surface area (Å²) in [5, 5.41) is 0.879. The number of benzene rings is 2. The molecular weight excluding hydrogens is 428 g/mol. The van der Waals surface area contributed by atoms with Crippen LogP contribution in [0.15, 0.2) is 82.5 Å². The second kappa shape index (κ2) is 8.27.